The Hall–Kier alpha value is -8.35. The second kappa shape index (κ2) is 38.1. The van der Waals surface area contributed by atoms with Crippen LogP contribution >= 0.6 is 23.5 Å². The monoisotopic (exact) mass is 1340 g/mol. The molecule has 3 heterocycles. The van der Waals surface area contributed by atoms with E-state index >= 15 is 4.79 Å². The highest BCUT2D eigenvalue weighted by Crippen LogP contribution is 2.31. The van der Waals surface area contributed by atoms with E-state index in [1.54, 1.807) is 54.7 Å². The normalized spacial score (nSPS) is 23.7. The highest BCUT2D eigenvalue weighted by Gasteiger charge is 2.48. The van der Waals surface area contributed by atoms with Crippen LogP contribution in [0.2, 0.25) is 0 Å². The number of unbranched alkanes of at least 4 members (excludes halogenated alkanes) is 3. The van der Waals surface area contributed by atoms with Crippen LogP contribution in [0, 0.1) is 18.2 Å². The molecule has 0 aliphatic carbocycles. The molecule has 6 rings (SSSR count). The maximum absolute atomic E-state index is 15.0. The lowest BCUT2D eigenvalue weighted by atomic mass is 9.95. The molecule has 3 aromatic carbocycles. The van der Waals surface area contributed by atoms with Gasteiger partial charge in [0, 0.05) is 90.3 Å². The number of benzene rings is 3. The molecule has 4 aromatic rings. The summed E-state index contributed by atoms with van der Waals surface area (Å²) in [5.41, 5.74) is 17.0. The maximum Gasteiger partial charge on any atom is 0.246 e. The SMILES string of the molecule is C#CCCC[C@@H]1NC(=O)[C@H](Cc2c[nH]c3ccc(F)cc23)NC(=O)[C@H](CCCCN=[N+]=[N-])NC(=O)[C@@H](C)NC(=O)[C@H](CCCCN)NC(=O)CCSCc2cccc(c2)CSCCNC(=O)[C@]2(C)CCCN2C(=O)[C@H](Cc2ccc(OC)cc2)NC(=O)[C@H]([C@H](C)O)NC1=O. The van der Waals surface area contributed by atoms with E-state index in [2.05, 4.69) is 69.5 Å². The van der Waals surface area contributed by atoms with Gasteiger partial charge in [0.05, 0.1) is 13.2 Å². The first-order chi connectivity index (χ1) is 45.2. The summed E-state index contributed by atoms with van der Waals surface area (Å²) < 4.78 is 20.2. The van der Waals surface area contributed by atoms with Gasteiger partial charge in [0.15, 0.2) is 0 Å². The fraction of sp³-hybridized carbons (Fsp3) is 0.530. The third-order valence-corrected chi connectivity index (χ3v) is 18.5. The van der Waals surface area contributed by atoms with E-state index in [0.717, 1.165) is 11.1 Å². The molecule has 2 aliphatic rings. The largest absolute Gasteiger partial charge is 0.497 e. The average molecular weight is 1340 g/mol. The predicted molar refractivity (Wildman–Crippen MR) is 359 cm³/mol. The van der Waals surface area contributed by atoms with Crippen molar-refractivity contribution in [3.63, 3.8) is 0 Å². The van der Waals surface area contributed by atoms with Crippen molar-refractivity contribution in [1.82, 2.24) is 52.4 Å². The second-order valence-electron chi connectivity index (χ2n) is 23.7. The van der Waals surface area contributed by atoms with Gasteiger partial charge in [0.1, 0.15) is 59.4 Å². The van der Waals surface area contributed by atoms with E-state index in [-0.39, 0.29) is 95.7 Å². The van der Waals surface area contributed by atoms with Gasteiger partial charge in [-0.2, -0.15) is 23.5 Å². The van der Waals surface area contributed by atoms with Crippen LogP contribution in [0.25, 0.3) is 21.3 Å². The number of nitrogens with zero attached hydrogens (tertiary/aromatic N) is 4. The van der Waals surface area contributed by atoms with Crippen molar-refractivity contribution in [2.45, 2.75) is 176 Å². The molecular weight excluding hydrogens is 1250 g/mol. The third-order valence-electron chi connectivity index (χ3n) is 16.5. The van der Waals surface area contributed by atoms with Gasteiger partial charge in [-0.1, -0.05) is 47.9 Å². The number of amides is 9. The number of H-pyrrole nitrogens is 1. The first-order valence-corrected chi connectivity index (χ1v) is 34.1. The lowest BCUT2D eigenvalue weighted by Gasteiger charge is -2.37. The highest BCUT2D eigenvalue weighted by molar-refractivity contribution is 7.98. The number of aliphatic hydroxyl groups excluding tert-OH is 1. The lowest BCUT2D eigenvalue weighted by molar-refractivity contribution is -0.147. The molecule has 1 aromatic heterocycles. The minimum atomic E-state index is -1.74. The number of aromatic nitrogens is 1. The Bertz CT molecular complexity index is 3340. The Morgan fingerprint density at radius 1 is 0.777 bits per heavy atom. The number of aromatic amines is 1. The molecule has 0 spiro atoms. The summed E-state index contributed by atoms with van der Waals surface area (Å²) in [6, 6.07) is 8.95. The first kappa shape index (κ1) is 74.7. The molecule has 0 radical (unpaired) electrons. The van der Waals surface area contributed by atoms with Crippen LogP contribution in [-0.4, -0.2) is 167 Å². The summed E-state index contributed by atoms with van der Waals surface area (Å²) in [4.78, 5) is 137. The fourth-order valence-electron chi connectivity index (χ4n) is 11.2. The average Bonchev–Trinajstić information content (AvgIpc) is 1.55. The number of rotatable bonds is 18. The summed E-state index contributed by atoms with van der Waals surface area (Å²) in [7, 11) is 1.50. The number of hydrogen-bond acceptors (Lipinski definition) is 15. The Kier molecular flexibility index (Phi) is 30.3. The van der Waals surface area contributed by atoms with Crippen LogP contribution in [0.15, 0.2) is 78.0 Å². The Morgan fingerprint density at radius 2 is 1.40 bits per heavy atom. The number of aliphatic hydroxyl groups is 1. The highest BCUT2D eigenvalue weighted by atomic mass is 32.2. The summed E-state index contributed by atoms with van der Waals surface area (Å²) >= 11 is 3.15. The van der Waals surface area contributed by atoms with Crippen LogP contribution < -0.4 is 53.0 Å². The molecule has 1 saturated heterocycles. The molecule has 94 heavy (non-hydrogen) atoms. The van der Waals surface area contributed by atoms with Crippen LogP contribution in [0.5, 0.6) is 5.75 Å². The zero-order chi connectivity index (χ0) is 68.2. The summed E-state index contributed by atoms with van der Waals surface area (Å²) in [6.07, 6.45) is 7.92. The number of carbonyl (C=O) groups is 9. The maximum atomic E-state index is 15.0. The lowest BCUT2D eigenvalue weighted by Crippen LogP contribution is -2.63. The molecule has 9 amide bonds. The van der Waals surface area contributed by atoms with Crippen molar-refractivity contribution < 1.29 is 57.4 Å². The molecular formula is C66H89FN14O11S2. The quantitative estimate of drug-likeness (QED) is 0.0217. The van der Waals surface area contributed by atoms with E-state index in [1.807, 2.05) is 18.2 Å². The number of carbonyl (C=O) groups excluding carboxylic acids is 9. The van der Waals surface area contributed by atoms with E-state index in [9.17, 15) is 47.9 Å². The van der Waals surface area contributed by atoms with Crippen LogP contribution in [-0.2, 0) is 67.5 Å². The van der Waals surface area contributed by atoms with E-state index < -0.39 is 101 Å². The number of azide groups is 1. The molecule has 2 bridgehead atoms. The number of ether oxygens (including phenoxy) is 1. The molecule has 12 N–H and O–H groups in total. The molecule has 28 heteroatoms. The first-order valence-electron chi connectivity index (χ1n) is 31.8. The smallest absolute Gasteiger partial charge is 0.246 e. The Balaban J connectivity index is 1.35. The number of terminal acetylenes is 1. The summed E-state index contributed by atoms with van der Waals surface area (Å²) in [5.74, 6) is -1.90. The van der Waals surface area contributed by atoms with Gasteiger partial charge in [-0.15, -0.1) is 12.3 Å². The fourth-order valence-corrected chi connectivity index (χ4v) is 12.9. The number of hydrogen-bond donors (Lipinski definition) is 11. The summed E-state index contributed by atoms with van der Waals surface area (Å²) in [5, 5.41) is 37.2. The second-order valence-corrected chi connectivity index (χ2v) is 25.9. The molecule has 9 atom stereocenters. The number of thioether (sulfide) groups is 2. The van der Waals surface area contributed by atoms with Crippen molar-refractivity contribution in [2.75, 3.05) is 44.8 Å². The Labute approximate surface area is 556 Å². The number of methoxy groups -OCH3 is 1. The van der Waals surface area contributed by atoms with Crippen molar-refractivity contribution in [3.8, 4) is 18.1 Å². The van der Waals surface area contributed by atoms with Crippen LogP contribution in [0.1, 0.15) is 120 Å². The van der Waals surface area contributed by atoms with Gasteiger partial charge in [0.2, 0.25) is 53.2 Å². The zero-order valence-corrected chi connectivity index (χ0v) is 55.4. The molecule has 2 aliphatic heterocycles. The zero-order valence-electron chi connectivity index (χ0n) is 53.8. The van der Waals surface area contributed by atoms with Crippen molar-refractivity contribution in [3.05, 3.63) is 111 Å². The minimum absolute atomic E-state index is 0.0534. The van der Waals surface area contributed by atoms with Gasteiger partial charge >= 0.3 is 0 Å². The number of nitrogens with one attached hydrogen (secondary N) is 9. The van der Waals surface area contributed by atoms with E-state index in [1.165, 1.54) is 50.3 Å². The standard InChI is InChI=1S/C66H89FN14O11S2/c1-6-7-8-17-53-61(87)79-57(42(3)82)63(89)78-55(35-43-20-23-48(92-5)24-21-43)64(90)81-31-14-27-66(81,4)65(91)70-30-33-94-40-45-16-13-15-44(34-45)39-93-32-26-56(83)74-51(18-9-11-28-68)59(85)73-41(2)58(84)75-52(19-10-12-29-72-80-69)60(86)77-54(62(88)76-53)36-46-38-71-50-25-22-47(67)37-49(46)50/h1,13,15-16,20-25,34,37-38,41-42,51-55,57,71,82H,7-12,14,17-19,26-33,35-36,39-40,68H2,2-5H3,(H,70,91)(H,73,85)(H,74,83)(H,75,84)(H,76,88)(H,77,86)(H,78,89)(H,79,87)/t41-,42+,51+,52+,53+,54+,55+,57+,66+/m1/s1. The number of halogens is 1. The van der Waals surface area contributed by atoms with Gasteiger partial charge < -0.3 is 68.0 Å². The third kappa shape index (κ3) is 22.7. The van der Waals surface area contributed by atoms with Gasteiger partial charge in [0.25, 0.3) is 0 Å². The molecule has 508 valence electrons. The molecule has 0 unspecified atom stereocenters. The molecule has 25 nitrogen and oxygen atoms in total. The van der Waals surface area contributed by atoms with Crippen molar-refractivity contribution in [2.24, 2.45) is 10.8 Å². The Morgan fingerprint density at radius 3 is 2.09 bits per heavy atom. The van der Waals surface area contributed by atoms with Crippen LogP contribution in [0.3, 0.4) is 0 Å². The van der Waals surface area contributed by atoms with Gasteiger partial charge in [-0.05, 0) is 143 Å². The topological polar surface area (TPSA) is 373 Å². The predicted octanol–water partition coefficient (Wildman–Crippen LogP) is 4.38. The van der Waals surface area contributed by atoms with Gasteiger partial charge in [-0.25, -0.2) is 4.39 Å². The molecule has 1 fully saturated rings. The van der Waals surface area contributed by atoms with Crippen molar-refractivity contribution >= 4 is 87.6 Å². The summed E-state index contributed by atoms with van der Waals surface area (Å²) in [6.45, 7) is 5.20. The minimum Gasteiger partial charge on any atom is -0.497 e. The van der Waals surface area contributed by atoms with E-state index in [0.29, 0.717) is 83.0 Å². The van der Waals surface area contributed by atoms with E-state index in [4.69, 9.17) is 22.4 Å². The van der Waals surface area contributed by atoms with Crippen LogP contribution in [0.4, 0.5) is 4.39 Å². The number of nitrogens with two attached hydrogens (primary N) is 1. The van der Waals surface area contributed by atoms with Crippen molar-refractivity contribution in [1.29, 1.82) is 0 Å². The number of fused-ring (bicyclic) bond motifs is 4. The molecule has 0 saturated carbocycles. The van der Waals surface area contributed by atoms with Gasteiger partial charge in [-0.3, -0.25) is 43.2 Å².